The molecule has 0 aliphatic heterocycles. The Morgan fingerprint density at radius 3 is 3.11 bits per heavy atom. The van der Waals surface area contributed by atoms with E-state index in [0.29, 0.717) is 5.82 Å². The van der Waals surface area contributed by atoms with Crippen molar-refractivity contribution < 1.29 is 0 Å². The number of hydrogen-bond acceptors (Lipinski definition) is 4. The molecule has 0 atom stereocenters. The van der Waals surface area contributed by atoms with Gasteiger partial charge in [0.05, 0.1) is 10.9 Å². The van der Waals surface area contributed by atoms with E-state index in [1.165, 1.54) is 6.33 Å². The van der Waals surface area contributed by atoms with Gasteiger partial charge in [0.15, 0.2) is 0 Å². The summed E-state index contributed by atoms with van der Waals surface area (Å²) in [5.74, 6) is 0.481. The van der Waals surface area contributed by atoms with Crippen LogP contribution in [-0.4, -0.2) is 24.6 Å². The maximum absolute atomic E-state index is 5.94. The van der Waals surface area contributed by atoms with Gasteiger partial charge in [-0.1, -0.05) is 0 Å². The summed E-state index contributed by atoms with van der Waals surface area (Å²) in [6, 6.07) is 6.01. The van der Waals surface area contributed by atoms with Crippen LogP contribution >= 0.6 is 0 Å². The van der Waals surface area contributed by atoms with E-state index < -0.39 is 0 Å². The number of fused-ring (bicyclic) bond motifs is 2. The van der Waals surface area contributed by atoms with E-state index >= 15 is 0 Å². The van der Waals surface area contributed by atoms with Crippen LogP contribution < -0.4 is 5.73 Å². The molecule has 4 aromatic heterocycles. The maximum Gasteiger partial charge on any atom is 0.143 e. The molecule has 19 heavy (non-hydrogen) atoms. The number of pyridine rings is 1. The maximum atomic E-state index is 5.94. The summed E-state index contributed by atoms with van der Waals surface area (Å²) in [5, 5.41) is 5.03. The summed E-state index contributed by atoms with van der Waals surface area (Å²) in [7, 11) is 0. The number of nitrogens with two attached hydrogens (primary N) is 1. The quantitative estimate of drug-likeness (QED) is 0.540. The molecule has 0 saturated heterocycles. The molecule has 4 aromatic rings. The van der Waals surface area contributed by atoms with Crippen LogP contribution in [0.5, 0.6) is 0 Å². The first-order chi connectivity index (χ1) is 9.33. The highest BCUT2D eigenvalue weighted by Gasteiger charge is 2.11. The van der Waals surface area contributed by atoms with Crippen LogP contribution in [0.4, 0.5) is 5.82 Å². The van der Waals surface area contributed by atoms with E-state index in [1.807, 2.05) is 29.0 Å². The third-order valence-corrected chi connectivity index (χ3v) is 3.21. The van der Waals surface area contributed by atoms with E-state index in [9.17, 15) is 0 Å². The molecular weight excluding hydrogens is 240 g/mol. The minimum Gasteiger partial charge on any atom is -0.383 e. The Morgan fingerprint density at radius 2 is 2.16 bits per heavy atom. The lowest BCUT2D eigenvalue weighted by Gasteiger charge is -2.02. The molecule has 0 aliphatic carbocycles. The Morgan fingerprint density at radius 1 is 1.21 bits per heavy atom. The lowest BCUT2D eigenvalue weighted by molar-refractivity contribution is 0.962. The van der Waals surface area contributed by atoms with Gasteiger partial charge >= 0.3 is 0 Å². The molecule has 0 radical (unpaired) electrons. The van der Waals surface area contributed by atoms with Crippen molar-refractivity contribution in [3.05, 3.63) is 43.1 Å². The number of nitrogens with one attached hydrogen (secondary N) is 1. The fourth-order valence-corrected chi connectivity index (χ4v) is 2.30. The molecule has 0 spiro atoms. The van der Waals surface area contributed by atoms with Gasteiger partial charge in [-0.2, -0.15) is 5.10 Å². The molecule has 4 heterocycles. The van der Waals surface area contributed by atoms with Crippen molar-refractivity contribution in [1.82, 2.24) is 24.6 Å². The highest BCUT2D eigenvalue weighted by atomic mass is 15.2. The minimum absolute atomic E-state index is 0.481. The highest BCUT2D eigenvalue weighted by molar-refractivity contribution is 6.00. The Kier molecular flexibility index (Phi) is 1.88. The monoisotopic (exact) mass is 250 g/mol. The standard InChI is InChI=1S/C13H10N6/c14-12-11-10(6-15-13(11)17-7-16-12)8-2-4-19-9(5-8)1-3-18-19/h1-7H,(H3,14,15,16,17). The molecule has 0 aromatic carbocycles. The van der Waals surface area contributed by atoms with Crippen molar-refractivity contribution in [3.63, 3.8) is 0 Å². The van der Waals surface area contributed by atoms with Crippen LogP contribution in [0.15, 0.2) is 43.1 Å². The number of rotatable bonds is 1. The van der Waals surface area contributed by atoms with Crippen LogP contribution in [0.25, 0.3) is 27.7 Å². The van der Waals surface area contributed by atoms with Crippen LogP contribution in [0.1, 0.15) is 0 Å². The average molecular weight is 250 g/mol. The zero-order chi connectivity index (χ0) is 12.8. The van der Waals surface area contributed by atoms with Gasteiger partial charge in [-0.3, -0.25) is 0 Å². The SMILES string of the molecule is Nc1ncnc2[nH]cc(-c3ccn4nccc4c3)c12. The van der Waals surface area contributed by atoms with Crippen LogP contribution in [0.3, 0.4) is 0 Å². The molecule has 4 rings (SSSR count). The zero-order valence-electron chi connectivity index (χ0n) is 9.91. The molecule has 6 nitrogen and oxygen atoms in total. The van der Waals surface area contributed by atoms with Crippen LogP contribution in [0.2, 0.25) is 0 Å². The Labute approximate surface area is 107 Å². The van der Waals surface area contributed by atoms with Crippen molar-refractivity contribution in [2.75, 3.05) is 5.73 Å². The molecule has 0 aliphatic rings. The van der Waals surface area contributed by atoms with E-state index in [0.717, 1.165) is 27.7 Å². The first-order valence-electron chi connectivity index (χ1n) is 5.84. The smallest absolute Gasteiger partial charge is 0.143 e. The van der Waals surface area contributed by atoms with Gasteiger partial charge in [0, 0.05) is 24.2 Å². The Bertz CT molecular complexity index is 888. The zero-order valence-corrected chi connectivity index (χ0v) is 9.91. The fraction of sp³-hybridized carbons (Fsp3) is 0. The average Bonchev–Trinajstić information content (AvgIpc) is 3.04. The molecule has 0 bridgehead atoms. The second-order valence-corrected chi connectivity index (χ2v) is 4.30. The number of aromatic nitrogens is 5. The second-order valence-electron chi connectivity index (χ2n) is 4.30. The van der Waals surface area contributed by atoms with Crippen molar-refractivity contribution in [2.45, 2.75) is 0 Å². The van der Waals surface area contributed by atoms with Gasteiger partial charge < -0.3 is 10.7 Å². The van der Waals surface area contributed by atoms with Gasteiger partial charge in [0.25, 0.3) is 0 Å². The third-order valence-electron chi connectivity index (χ3n) is 3.21. The minimum atomic E-state index is 0.481. The highest BCUT2D eigenvalue weighted by Crippen LogP contribution is 2.30. The second kappa shape index (κ2) is 3.55. The first-order valence-corrected chi connectivity index (χ1v) is 5.84. The van der Waals surface area contributed by atoms with Crippen LogP contribution in [0, 0.1) is 0 Å². The van der Waals surface area contributed by atoms with Crippen molar-refractivity contribution in [2.24, 2.45) is 0 Å². The molecule has 0 unspecified atom stereocenters. The molecule has 3 N–H and O–H groups in total. The van der Waals surface area contributed by atoms with E-state index in [1.54, 1.807) is 6.20 Å². The van der Waals surface area contributed by atoms with Crippen molar-refractivity contribution in [3.8, 4) is 11.1 Å². The summed E-state index contributed by atoms with van der Waals surface area (Å²) in [6.45, 7) is 0. The summed E-state index contributed by atoms with van der Waals surface area (Å²) in [5.41, 5.74) is 9.77. The number of H-pyrrole nitrogens is 1. The number of hydrogen-bond donors (Lipinski definition) is 2. The largest absolute Gasteiger partial charge is 0.383 e. The Hall–Kier alpha value is -2.89. The fourth-order valence-electron chi connectivity index (χ4n) is 2.30. The molecule has 0 amide bonds. The van der Waals surface area contributed by atoms with Crippen molar-refractivity contribution >= 4 is 22.4 Å². The predicted octanol–water partition coefficient (Wildman–Crippen LogP) is 1.85. The normalized spacial score (nSPS) is 11.4. The predicted molar refractivity (Wildman–Crippen MR) is 72.5 cm³/mol. The van der Waals surface area contributed by atoms with Crippen LogP contribution in [-0.2, 0) is 0 Å². The summed E-state index contributed by atoms with van der Waals surface area (Å²) in [6.07, 6.45) is 7.05. The lowest BCUT2D eigenvalue weighted by atomic mass is 10.1. The molecule has 0 fully saturated rings. The number of anilines is 1. The molecule has 0 saturated carbocycles. The first kappa shape index (κ1) is 10.1. The van der Waals surface area contributed by atoms with E-state index in [4.69, 9.17) is 5.73 Å². The van der Waals surface area contributed by atoms with Gasteiger partial charge in [-0.05, 0) is 23.8 Å². The van der Waals surface area contributed by atoms with Gasteiger partial charge in [-0.25, -0.2) is 14.5 Å². The number of nitrogen functional groups attached to an aromatic ring is 1. The summed E-state index contributed by atoms with van der Waals surface area (Å²) >= 11 is 0. The number of aromatic amines is 1. The van der Waals surface area contributed by atoms with Gasteiger partial charge in [0.1, 0.15) is 17.8 Å². The van der Waals surface area contributed by atoms with E-state index in [2.05, 4.69) is 26.1 Å². The Balaban J connectivity index is 2.03. The lowest BCUT2D eigenvalue weighted by Crippen LogP contribution is -1.92. The molecule has 6 heteroatoms. The van der Waals surface area contributed by atoms with Gasteiger partial charge in [0.2, 0.25) is 0 Å². The molecule has 92 valence electrons. The van der Waals surface area contributed by atoms with E-state index in [-0.39, 0.29) is 0 Å². The number of nitrogens with zero attached hydrogens (tertiary/aromatic N) is 4. The summed E-state index contributed by atoms with van der Waals surface area (Å²) < 4.78 is 1.82. The molecular formula is C13H10N6. The van der Waals surface area contributed by atoms with Gasteiger partial charge in [-0.15, -0.1) is 0 Å². The topological polar surface area (TPSA) is 84.9 Å². The third kappa shape index (κ3) is 1.40. The summed E-state index contributed by atoms with van der Waals surface area (Å²) in [4.78, 5) is 11.3. The van der Waals surface area contributed by atoms with Crippen molar-refractivity contribution in [1.29, 1.82) is 0 Å².